The molecular weight excluding hydrogens is 508 g/mol. The molecule has 2 fully saturated rings. The first-order valence-corrected chi connectivity index (χ1v) is 12.8. The molecule has 0 unspecified atom stereocenters. The van der Waals surface area contributed by atoms with E-state index in [1.54, 1.807) is 18.0 Å². The molecule has 1 aromatic carbocycles. The number of thioether (sulfide) groups is 1. The van der Waals surface area contributed by atoms with Gasteiger partial charge < -0.3 is 20.1 Å². The molecular formula is C24H24F4N8S. The van der Waals surface area contributed by atoms with E-state index in [1.807, 2.05) is 9.47 Å². The first-order chi connectivity index (χ1) is 17.7. The van der Waals surface area contributed by atoms with E-state index < -0.39 is 17.6 Å². The van der Waals surface area contributed by atoms with Gasteiger partial charge in [-0.1, -0.05) is 0 Å². The number of hydrogen-bond acceptors (Lipinski definition) is 8. The van der Waals surface area contributed by atoms with Gasteiger partial charge in [0, 0.05) is 31.4 Å². The molecule has 0 spiro atoms. The van der Waals surface area contributed by atoms with Gasteiger partial charge in [0.05, 0.1) is 22.4 Å². The Labute approximate surface area is 215 Å². The molecule has 1 atom stereocenters. The lowest BCUT2D eigenvalue weighted by Crippen LogP contribution is -2.39. The van der Waals surface area contributed by atoms with Crippen molar-refractivity contribution in [3.05, 3.63) is 53.5 Å². The van der Waals surface area contributed by atoms with Crippen LogP contribution in [-0.2, 0) is 12.7 Å². The molecule has 8 nitrogen and oxygen atoms in total. The summed E-state index contributed by atoms with van der Waals surface area (Å²) in [6, 6.07) is 5.05. The average Bonchev–Trinajstić information content (AvgIpc) is 3.27. The van der Waals surface area contributed by atoms with Crippen molar-refractivity contribution in [1.29, 1.82) is 5.26 Å². The van der Waals surface area contributed by atoms with E-state index in [1.165, 1.54) is 12.4 Å². The first-order valence-electron chi connectivity index (χ1n) is 11.8. The van der Waals surface area contributed by atoms with Crippen LogP contribution in [0.3, 0.4) is 0 Å². The molecule has 0 amide bonds. The van der Waals surface area contributed by atoms with Crippen molar-refractivity contribution >= 4 is 23.4 Å². The molecule has 2 saturated heterocycles. The molecule has 13 heteroatoms. The largest absolute Gasteiger partial charge is 0.419 e. The molecule has 2 N–H and O–H groups in total. The fourth-order valence-electron chi connectivity index (χ4n) is 4.47. The normalized spacial score (nSPS) is 18.5. The van der Waals surface area contributed by atoms with Crippen molar-refractivity contribution in [2.24, 2.45) is 0 Å². The second-order valence-electron chi connectivity index (χ2n) is 8.97. The number of nitrogens with two attached hydrogens (primary N) is 1. The molecule has 194 valence electrons. The van der Waals surface area contributed by atoms with E-state index in [0.717, 1.165) is 44.0 Å². The van der Waals surface area contributed by atoms with Gasteiger partial charge in [-0.2, -0.15) is 18.4 Å². The van der Waals surface area contributed by atoms with Crippen molar-refractivity contribution in [2.75, 3.05) is 42.7 Å². The number of nitrogens with zero attached hydrogens (tertiary/aromatic N) is 7. The van der Waals surface area contributed by atoms with E-state index in [9.17, 15) is 22.8 Å². The molecule has 3 aromatic rings. The Morgan fingerprint density at radius 2 is 1.97 bits per heavy atom. The minimum absolute atomic E-state index is 0.0198. The minimum atomic E-state index is -4.79. The van der Waals surface area contributed by atoms with Gasteiger partial charge in [0.25, 0.3) is 0 Å². The van der Waals surface area contributed by atoms with Gasteiger partial charge in [0.15, 0.2) is 5.82 Å². The number of alkyl halides is 3. The van der Waals surface area contributed by atoms with Gasteiger partial charge in [0.1, 0.15) is 35.4 Å². The number of imidazole rings is 1. The molecule has 0 bridgehead atoms. The maximum atomic E-state index is 13.9. The summed E-state index contributed by atoms with van der Waals surface area (Å²) >= 11 is 1.61. The van der Waals surface area contributed by atoms with Gasteiger partial charge in [-0.3, -0.25) is 0 Å². The molecule has 0 aliphatic carbocycles. The summed E-state index contributed by atoms with van der Waals surface area (Å²) in [4.78, 5) is 17.1. The van der Waals surface area contributed by atoms with Crippen LogP contribution >= 0.6 is 11.8 Å². The summed E-state index contributed by atoms with van der Waals surface area (Å²) in [5, 5.41) is 9.45. The van der Waals surface area contributed by atoms with Gasteiger partial charge in [-0.25, -0.2) is 19.3 Å². The predicted molar refractivity (Wildman–Crippen MR) is 132 cm³/mol. The Morgan fingerprint density at radius 1 is 1.16 bits per heavy atom. The number of nitrogen functional groups attached to an aromatic ring is 1. The van der Waals surface area contributed by atoms with Crippen molar-refractivity contribution < 1.29 is 17.6 Å². The number of hydrogen-bond donors (Lipinski definition) is 1. The van der Waals surface area contributed by atoms with E-state index in [4.69, 9.17) is 10.7 Å². The SMILES string of the molecule is N#Cc1c(N)ncnc1N1CC[C@@H](c2nc(-c3ccc(F)c(C(F)(F)F)c3)cn2CCN2CCC2)SC1. The van der Waals surface area contributed by atoms with Gasteiger partial charge in [-0.15, -0.1) is 11.8 Å². The number of rotatable bonds is 6. The molecule has 2 aliphatic heterocycles. The lowest BCUT2D eigenvalue weighted by atomic mass is 10.1. The molecule has 0 saturated carbocycles. The third-order valence-corrected chi connectivity index (χ3v) is 7.94. The Hall–Kier alpha value is -3.37. The molecule has 5 rings (SSSR count). The highest BCUT2D eigenvalue weighted by atomic mass is 32.2. The second kappa shape index (κ2) is 10.2. The van der Waals surface area contributed by atoms with Gasteiger partial charge >= 0.3 is 6.18 Å². The average molecular weight is 533 g/mol. The van der Waals surface area contributed by atoms with Crippen molar-refractivity contribution in [3.63, 3.8) is 0 Å². The lowest BCUT2D eigenvalue weighted by molar-refractivity contribution is -0.139. The van der Waals surface area contributed by atoms with Crippen LogP contribution < -0.4 is 10.6 Å². The van der Waals surface area contributed by atoms with Crippen LogP contribution in [0, 0.1) is 17.1 Å². The topological polar surface area (TPSA) is 99.9 Å². The van der Waals surface area contributed by atoms with Crippen LogP contribution in [0.2, 0.25) is 0 Å². The van der Waals surface area contributed by atoms with Crippen molar-refractivity contribution in [1.82, 2.24) is 24.4 Å². The van der Waals surface area contributed by atoms with Gasteiger partial charge in [-0.05, 0) is 44.1 Å². The number of benzene rings is 1. The highest BCUT2D eigenvalue weighted by Crippen LogP contribution is 2.40. The minimum Gasteiger partial charge on any atom is -0.382 e. The predicted octanol–water partition coefficient (Wildman–Crippen LogP) is 4.30. The molecule has 2 aromatic heterocycles. The Bertz CT molecular complexity index is 1320. The Kier molecular flexibility index (Phi) is 6.96. The van der Waals surface area contributed by atoms with Crippen molar-refractivity contribution in [2.45, 2.75) is 30.8 Å². The second-order valence-corrected chi connectivity index (χ2v) is 10.1. The van der Waals surface area contributed by atoms with Gasteiger partial charge in [0.2, 0.25) is 0 Å². The molecule has 4 heterocycles. The van der Waals surface area contributed by atoms with Crippen LogP contribution in [-0.4, -0.2) is 56.5 Å². The summed E-state index contributed by atoms with van der Waals surface area (Å²) in [6.45, 7) is 4.11. The first kappa shape index (κ1) is 25.3. The summed E-state index contributed by atoms with van der Waals surface area (Å²) in [6.07, 6.45) is 0.128. The standard InChI is InChI=1S/C24H24F4N8S/c25-18-3-2-15(10-17(18)24(26,27)28)19-12-35(9-8-34-5-1-6-34)23(33-19)20-4-7-36(14-37-20)22-16(11-29)21(30)31-13-32-22/h2-3,10,12-13,20H,1,4-9,14H2,(H2,30,31,32)/t20-/m0/s1. The highest BCUT2D eigenvalue weighted by Gasteiger charge is 2.35. The summed E-state index contributed by atoms with van der Waals surface area (Å²) < 4.78 is 55.8. The third-order valence-electron chi connectivity index (χ3n) is 6.63. The Morgan fingerprint density at radius 3 is 2.62 bits per heavy atom. The van der Waals surface area contributed by atoms with E-state index in [2.05, 4.69) is 20.9 Å². The van der Waals surface area contributed by atoms with E-state index >= 15 is 0 Å². The van der Waals surface area contributed by atoms with Crippen LogP contribution in [0.1, 0.15) is 35.0 Å². The summed E-state index contributed by atoms with van der Waals surface area (Å²) in [5.41, 5.74) is 5.36. The van der Waals surface area contributed by atoms with Crippen LogP contribution in [0.25, 0.3) is 11.3 Å². The summed E-state index contributed by atoms with van der Waals surface area (Å²) in [7, 11) is 0. The maximum Gasteiger partial charge on any atom is 0.419 e. The highest BCUT2D eigenvalue weighted by molar-refractivity contribution is 7.99. The fraction of sp³-hybridized carbons (Fsp3) is 0.417. The third kappa shape index (κ3) is 5.21. The van der Waals surface area contributed by atoms with Crippen molar-refractivity contribution in [3.8, 4) is 17.3 Å². The number of nitriles is 1. The number of halogens is 4. The smallest absolute Gasteiger partial charge is 0.382 e. The number of aromatic nitrogens is 4. The number of anilines is 2. The quantitative estimate of drug-likeness (QED) is 0.469. The molecule has 2 aliphatic rings. The fourth-order valence-corrected chi connectivity index (χ4v) is 5.69. The van der Waals surface area contributed by atoms with E-state index in [-0.39, 0.29) is 22.2 Å². The Balaban J connectivity index is 1.41. The number of likely N-dealkylation sites (tertiary alicyclic amines) is 1. The zero-order valence-corrected chi connectivity index (χ0v) is 20.6. The zero-order chi connectivity index (χ0) is 26.2. The van der Waals surface area contributed by atoms with E-state index in [0.29, 0.717) is 36.9 Å². The lowest BCUT2D eigenvalue weighted by Gasteiger charge is -2.33. The molecule has 0 radical (unpaired) electrons. The van der Waals surface area contributed by atoms with Crippen LogP contribution in [0.15, 0.2) is 30.7 Å². The van der Waals surface area contributed by atoms with Crippen LogP contribution in [0.5, 0.6) is 0 Å². The van der Waals surface area contributed by atoms with Crippen LogP contribution in [0.4, 0.5) is 29.2 Å². The summed E-state index contributed by atoms with van der Waals surface area (Å²) in [5.74, 6) is 0.593. The monoisotopic (exact) mass is 532 g/mol. The zero-order valence-electron chi connectivity index (χ0n) is 19.7. The molecule has 37 heavy (non-hydrogen) atoms. The maximum absolute atomic E-state index is 13.9.